The second kappa shape index (κ2) is 28.0. The molecule has 0 fully saturated rings. The molecule has 0 bridgehead atoms. The van der Waals surface area contributed by atoms with Gasteiger partial charge in [-0.05, 0) is 12.8 Å². The summed E-state index contributed by atoms with van der Waals surface area (Å²) in [6, 6.07) is 0. The summed E-state index contributed by atoms with van der Waals surface area (Å²) in [6.45, 7) is 5.61. The van der Waals surface area contributed by atoms with E-state index in [9.17, 15) is 14.3 Å². The lowest BCUT2D eigenvalue weighted by molar-refractivity contribution is -0.870. The van der Waals surface area contributed by atoms with Crippen molar-refractivity contribution in [2.75, 3.05) is 54.1 Å². The highest BCUT2D eigenvalue weighted by Gasteiger charge is 2.26. The first-order valence-electron chi connectivity index (χ1n) is 17.3. The largest absolute Gasteiger partial charge is 0.472 e. The standard InChI is InChI=1S/C33H68NO7P/c1-6-8-10-12-14-16-17-19-21-23-25-28-38-30-32(31-40-42(36,37)39-29-27-34(3,4)5)41-33(35)26-24-22-20-18-15-13-11-9-7-2/h32H,6-31H2,1-5H3/p+1. The lowest BCUT2D eigenvalue weighted by Crippen LogP contribution is -2.37. The number of hydrogen-bond acceptors (Lipinski definition) is 6. The van der Waals surface area contributed by atoms with Crippen molar-refractivity contribution in [2.45, 2.75) is 155 Å². The minimum Gasteiger partial charge on any atom is -0.457 e. The minimum absolute atomic E-state index is 0.0929. The summed E-state index contributed by atoms with van der Waals surface area (Å²) in [7, 11) is 1.68. The van der Waals surface area contributed by atoms with Crippen LogP contribution in [0, 0.1) is 0 Å². The van der Waals surface area contributed by atoms with E-state index in [1.807, 2.05) is 21.1 Å². The van der Waals surface area contributed by atoms with E-state index >= 15 is 0 Å². The van der Waals surface area contributed by atoms with Gasteiger partial charge in [-0.1, -0.05) is 129 Å². The third-order valence-electron chi connectivity index (χ3n) is 7.42. The predicted octanol–water partition coefficient (Wildman–Crippen LogP) is 8.99. The second-order valence-corrected chi connectivity index (χ2v) is 14.4. The maximum Gasteiger partial charge on any atom is 0.472 e. The molecular formula is C33H69NO7P+. The monoisotopic (exact) mass is 622 g/mol. The summed E-state index contributed by atoms with van der Waals surface area (Å²) in [5.41, 5.74) is 0. The van der Waals surface area contributed by atoms with Gasteiger partial charge in [0.15, 0.2) is 0 Å². The van der Waals surface area contributed by atoms with Crippen molar-refractivity contribution in [2.24, 2.45) is 0 Å². The number of esters is 1. The van der Waals surface area contributed by atoms with Crippen molar-refractivity contribution in [1.82, 2.24) is 0 Å². The minimum atomic E-state index is -4.25. The first-order valence-corrected chi connectivity index (χ1v) is 18.8. The van der Waals surface area contributed by atoms with E-state index in [0.29, 0.717) is 24.1 Å². The number of unbranched alkanes of at least 4 members (excludes halogenated alkanes) is 18. The first-order chi connectivity index (χ1) is 20.1. The molecule has 0 saturated heterocycles. The first kappa shape index (κ1) is 41.5. The van der Waals surface area contributed by atoms with Crippen molar-refractivity contribution in [1.29, 1.82) is 0 Å². The van der Waals surface area contributed by atoms with E-state index < -0.39 is 13.9 Å². The molecule has 0 aliphatic heterocycles. The zero-order valence-corrected chi connectivity index (χ0v) is 29.1. The van der Waals surface area contributed by atoms with Crippen LogP contribution in [0.2, 0.25) is 0 Å². The number of quaternary nitrogens is 1. The zero-order chi connectivity index (χ0) is 31.4. The normalized spacial score (nSPS) is 14.1. The van der Waals surface area contributed by atoms with Gasteiger partial charge in [0.2, 0.25) is 0 Å². The summed E-state index contributed by atoms with van der Waals surface area (Å²) in [5, 5.41) is 0. The topological polar surface area (TPSA) is 91.3 Å². The maximum absolute atomic E-state index is 12.5. The molecule has 0 aliphatic carbocycles. The highest BCUT2D eigenvalue weighted by molar-refractivity contribution is 7.47. The van der Waals surface area contributed by atoms with Gasteiger partial charge < -0.3 is 18.9 Å². The summed E-state index contributed by atoms with van der Waals surface area (Å²) in [6.07, 6.45) is 24.1. The highest BCUT2D eigenvalue weighted by Crippen LogP contribution is 2.43. The van der Waals surface area contributed by atoms with Gasteiger partial charge in [0.05, 0.1) is 34.4 Å². The van der Waals surface area contributed by atoms with Gasteiger partial charge in [-0.25, -0.2) is 4.57 Å². The average Bonchev–Trinajstić information content (AvgIpc) is 2.92. The smallest absolute Gasteiger partial charge is 0.457 e. The number of likely N-dealkylation sites (N-methyl/N-ethyl adjacent to an activating group) is 1. The fourth-order valence-corrected chi connectivity index (χ4v) is 5.41. The number of phosphoric ester groups is 1. The molecule has 0 amide bonds. The Bertz CT molecular complexity index is 657. The lowest BCUT2D eigenvalue weighted by Gasteiger charge is -2.24. The number of rotatable bonds is 32. The fraction of sp³-hybridized carbons (Fsp3) is 0.970. The van der Waals surface area contributed by atoms with E-state index in [1.165, 1.54) is 96.3 Å². The summed E-state index contributed by atoms with van der Waals surface area (Å²) in [4.78, 5) is 22.6. The Morgan fingerprint density at radius 2 is 1.10 bits per heavy atom. The Morgan fingerprint density at radius 3 is 1.57 bits per heavy atom. The number of ether oxygens (including phenoxy) is 2. The molecule has 2 atom stereocenters. The molecule has 0 spiro atoms. The molecule has 8 nitrogen and oxygen atoms in total. The van der Waals surface area contributed by atoms with E-state index in [-0.39, 0.29) is 25.8 Å². The van der Waals surface area contributed by atoms with E-state index in [2.05, 4.69) is 13.8 Å². The van der Waals surface area contributed by atoms with Crippen LogP contribution in [0.5, 0.6) is 0 Å². The Labute approximate surface area is 259 Å². The second-order valence-electron chi connectivity index (χ2n) is 12.9. The molecule has 0 aliphatic rings. The van der Waals surface area contributed by atoms with Gasteiger partial charge in [-0.15, -0.1) is 0 Å². The van der Waals surface area contributed by atoms with Crippen LogP contribution in [-0.2, 0) is 27.9 Å². The van der Waals surface area contributed by atoms with Gasteiger partial charge in [-0.3, -0.25) is 13.8 Å². The third kappa shape index (κ3) is 30.9. The van der Waals surface area contributed by atoms with Gasteiger partial charge in [0.1, 0.15) is 19.3 Å². The summed E-state index contributed by atoms with van der Waals surface area (Å²) >= 11 is 0. The third-order valence-corrected chi connectivity index (χ3v) is 8.40. The molecule has 0 rings (SSSR count). The van der Waals surface area contributed by atoms with Gasteiger partial charge in [0.25, 0.3) is 0 Å². The molecule has 0 heterocycles. The van der Waals surface area contributed by atoms with Gasteiger partial charge >= 0.3 is 13.8 Å². The van der Waals surface area contributed by atoms with Crippen LogP contribution in [-0.4, -0.2) is 75.6 Å². The van der Waals surface area contributed by atoms with Gasteiger partial charge in [0, 0.05) is 13.0 Å². The molecule has 252 valence electrons. The van der Waals surface area contributed by atoms with Crippen LogP contribution >= 0.6 is 7.82 Å². The van der Waals surface area contributed by atoms with Crippen LogP contribution in [0.3, 0.4) is 0 Å². The molecule has 42 heavy (non-hydrogen) atoms. The Balaban J connectivity index is 4.33. The fourth-order valence-electron chi connectivity index (χ4n) is 4.67. The number of carbonyl (C=O) groups excluding carboxylic acids is 1. The average molecular weight is 623 g/mol. The van der Waals surface area contributed by atoms with Crippen LogP contribution in [0.25, 0.3) is 0 Å². The van der Waals surface area contributed by atoms with Crippen molar-refractivity contribution >= 4 is 13.8 Å². The van der Waals surface area contributed by atoms with Crippen molar-refractivity contribution in [3.05, 3.63) is 0 Å². The Morgan fingerprint density at radius 1 is 0.643 bits per heavy atom. The van der Waals surface area contributed by atoms with Crippen LogP contribution < -0.4 is 0 Å². The zero-order valence-electron chi connectivity index (χ0n) is 28.3. The molecule has 2 unspecified atom stereocenters. The molecule has 9 heteroatoms. The maximum atomic E-state index is 12.5. The molecule has 0 aromatic rings. The highest BCUT2D eigenvalue weighted by atomic mass is 31.2. The molecule has 0 radical (unpaired) electrons. The number of phosphoric acid groups is 1. The van der Waals surface area contributed by atoms with Crippen molar-refractivity contribution in [3.8, 4) is 0 Å². The van der Waals surface area contributed by atoms with Gasteiger partial charge in [-0.2, -0.15) is 0 Å². The molecule has 0 saturated carbocycles. The van der Waals surface area contributed by atoms with E-state index in [4.69, 9.17) is 18.5 Å². The summed E-state index contributed by atoms with van der Waals surface area (Å²) in [5.74, 6) is -0.316. The van der Waals surface area contributed by atoms with Crippen LogP contribution in [0.1, 0.15) is 149 Å². The molecular weight excluding hydrogens is 553 g/mol. The van der Waals surface area contributed by atoms with E-state index in [1.54, 1.807) is 0 Å². The van der Waals surface area contributed by atoms with Crippen molar-refractivity contribution < 1.29 is 37.3 Å². The molecule has 0 aromatic heterocycles. The van der Waals surface area contributed by atoms with E-state index in [0.717, 1.165) is 32.1 Å². The number of carbonyl (C=O) groups is 1. The Kier molecular flexibility index (Phi) is 27.7. The quantitative estimate of drug-likeness (QED) is 0.0346. The van der Waals surface area contributed by atoms with Crippen LogP contribution in [0.4, 0.5) is 0 Å². The lowest BCUT2D eigenvalue weighted by atomic mass is 10.1. The number of nitrogens with zero attached hydrogens (tertiary/aromatic N) is 1. The molecule has 1 N–H and O–H groups in total. The van der Waals surface area contributed by atoms with Crippen molar-refractivity contribution in [3.63, 3.8) is 0 Å². The van der Waals surface area contributed by atoms with Crippen LogP contribution in [0.15, 0.2) is 0 Å². The molecule has 0 aromatic carbocycles. The predicted molar refractivity (Wildman–Crippen MR) is 174 cm³/mol. The number of hydrogen-bond donors (Lipinski definition) is 1. The Hall–Kier alpha value is -0.500. The summed E-state index contributed by atoms with van der Waals surface area (Å²) < 4.78 is 34.7. The SMILES string of the molecule is CCCCCCCCCCCCCOCC(COP(=O)(O)OCC[N+](C)(C)C)OC(=O)CCCCCCCCCCC.